The van der Waals surface area contributed by atoms with E-state index in [1.54, 1.807) is 6.08 Å². The van der Waals surface area contributed by atoms with Gasteiger partial charge < -0.3 is 5.11 Å². The van der Waals surface area contributed by atoms with Crippen LogP contribution in [0.15, 0.2) is 52.1 Å². The van der Waals surface area contributed by atoms with E-state index in [2.05, 4.69) is 0 Å². The van der Waals surface area contributed by atoms with Crippen molar-refractivity contribution in [2.45, 2.75) is 18.6 Å². The molecular weight excluding hydrogens is 322 g/mol. The normalized spacial score (nSPS) is 19.5. The smallest absolute Gasteiger partial charge is 0.348 e. The largest absolute Gasteiger partial charge is 0.479 e. The molecule has 0 radical (unpaired) electrons. The molecule has 1 aliphatic rings. The molecule has 3 rings (SSSR count). The third-order valence-corrected chi connectivity index (χ3v) is 3.96. The zero-order valence-corrected chi connectivity index (χ0v) is 12.8. The third-order valence-electron chi connectivity index (χ3n) is 3.79. The minimum Gasteiger partial charge on any atom is -0.479 e. The molecule has 23 heavy (non-hydrogen) atoms. The summed E-state index contributed by atoms with van der Waals surface area (Å²) >= 11 is 5.65. The Morgan fingerprint density at radius 3 is 2.35 bits per heavy atom. The molecule has 1 aromatic heterocycles. The summed E-state index contributed by atoms with van der Waals surface area (Å²) in [5.74, 6) is -1.12. The fourth-order valence-corrected chi connectivity index (χ4v) is 2.93. The van der Waals surface area contributed by atoms with Crippen molar-refractivity contribution in [3.63, 3.8) is 0 Å². The lowest BCUT2D eigenvalue weighted by molar-refractivity contribution is -0.140. The Kier molecular flexibility index (Phi) is 3.96. The number of halogens is 1. The maximum atomic E-state index is 12.6. The number of alkyl halides is 1. The number of rotatable bonds is 4. The van der Waals surface area contributed by atoms with Crippen LogP contribution in [0, 0.1) is 0 Å². The Balaban J connectivity index is 2.27. The molecule has 1 aliphatic heterocycles. The van der Waals surface area contributed by atoms with Crippen molar-refractivity contribution in [3.8, 4) is 0 Å². The number of fused-ring (bicyclic) bond motifs is 1. The average molecular weight is 336 g/mol. The van der Waals surface area contributed by atoms with Gasteiger partial charge in [0.2, 0.25) is 0 Å². The molecule has 120 valence electrons. The van der Waals surface area contributed by atoms with Crippen LogP contribution in [0.2, 0.25) is 0 Å². The Morgan fingerprint density at radius 2 is 1.74 bits per heavy atom. The number of nitrogens with zero attached hydrogens (tertiary/aromatic N) is 3. The van der Waals surface area contributed by atoms with E-state index in [1.807, 2.05) is 30.3 Å². The van der Waals surface area contributed by atoms with E-state index in [0.717, 1.165) is 14.8 Å². The fraction of sp³-hybridized carbons (Fsp3) is 0.267. The van der Waals surface area contributed by atoms with E-state index in [-0.39, 0.29) is 12.4 Å². The molecule has 2 aromatic rings. The monoisotopic (exact) mass is 335 g/mol. The average Bonchev–Trinajstić information content (AvgIpc) is 2.81. The highest BCUT2D eigenvalue weighted by molar-refractivity contribution is 6.17. The minimum absolute atomic E-state index is 0.0278. The lowest BCUT2D eigenvalue weighted by atomic mass is 10.0. The highest BCUT2D eigenvalue weighted by Crippen LogP contribution is 2.24. The molecule has 0 spiro atoms. The lowest BCUT2D eigenvalue weighted by Crippen LogP contribution is -2.38. The number of carbonyl (C=O) groups is 1. The molecular formula is C15H14ClN3O4. The van der Waals surface area contributed by atoms with Gasteiger partial charge in [-0.2, -0.15) is 0 Å². The second-order valence-electron chi connectivity index (χ2n) is 5.12. The van der Waals surface area contributed by atoms with Gasteiger partial charge in [0.1, 0.15) is 0 Å². The minimum atomic E-state index is -1.22. The first-order chi connectivity index (χ1) is 11.1. The Hall–Kier alpha value is -2.54. The molecule has 7 nitrogen and oxygen atoms in total. The summed E-state index contributed by atoms with van der Waals surface area (Å²) in [6.07, 6.45) is 3.05. The summed E-state index contributed by atoms with van der Waals surface area (Å²) < 4.78 is 3.13. The molecule has 1 N–H and O–H groups in total. The number of benzene rings is 1. The second-order valence-corrected chi connectivity index (χ2v) is 5.50. The number of aliphatic carboxylic acids is 1. The van der Waals surface area contributed by atoms with Gasteiger partial charge >= 0.3 is 17.3 Å². The van der Waals surface area contributed by atoms with Crippen LogP contribution < -0.4 is 11.4 Å². The van der Waals surface area contributed by atoms with Crippen LogP contribution in [0.25, 0.3) is 0 Å². The van der Waals surface area contributed by atoms with Gasteiger partial charge in [-0.1, -0.05) is 42.5 Å². The van der Waals surface area contributed by atoms with Crippen LogP contribution in [-0.2, 0) is 11.3 Å². The van der Waals surface area contributed by atoms with E-state index in [1.165, 1.54) is 10.8 Å². The van der Waals surface area contributed by atoms with Gasteiger partial charge in [-0.05, 0) is 5.56 Å². The van der Waals surface area contributed by atoms with E-state index in [9.17, 15) is 19.5 Å². The van der Waals surface area contributed by atoms with Crippen LogP contribution in [0.5, 0.6) is 0 Å². The van der Waals surface area contributed by atoms with Crippen molar-refractivity contribution >= 4 is 17.6 Å². The molecule has 1 aromatic carbocycles. The first-order valence-electron chi connectivity index (χ1n) is 7.02. The van der Waals surface area contributed by atoms with Gasteiger partial charge in [0.25, 0.3) is 0 Å². The Morgan fingerprint density at radius 1 is 1.09 bits per heavy atom. The third kappa shape index (κ3) is 2.43. The Bertz CT molecular complexity index is 878. The highest BCUT2D eigenvalue weighted by Gasteiger charge is 2.32. The number of hydrogen-bond donors (Lipinski definition) is 1. The molecule has 2 heterocycles. The van der Waals surface area contributed by atoms with Crippen molar-refractivity contribution in [2.75, 3.05) is 5.88 Å². The quantitative estimate of drug-likeness (QED) is 0.662. The zero-order valence-electron chi connectivity index (χ0n) is 12.0. The summed E-state index contributed by atoms with van der Waals surface area (Å²) in [5, 5.41) is 9.33. The summed E-state index contributed by atoms with van der Waals surface area (Å²) in [6, 6.07) is 7.35. The summed E-state index contributed by atoms with van der Waals surface area (Å²) in [7, 11) is 0. The van der Waals surface area contributed by atoms with Crippen LogP contribution in [0.3, 0.4) is 0 Å². The van der Waals surface area contributed by atoms with E-state index >= 15 is 0 Å². The first-order valence-corrected chi connectivity index (χ1v) is 7.55. The topological polar surface area (TPSA) is 86.2 Å². The predicted molar refractivity (Wildman–Crippen MR) is 84.1 cm³/mol. The van der Waals surface area contributed by atoms with Crippen LogP contribution in [-0.4, -0.2) is 30.9 Å². The van der Waals surface area contributed by atoms with Gasteiger partial charge in [0, 0.05) is 12.4 Å². The lowest BCUT2D eigenvalue weighted by Gasteiger charge is -2.24. The van der Waals surface area contributed by atoms with Crippen LogP contribution in [0.1, 0.15) is 17.6 Å². The van der Waals surface area contributed by atoms with Gasteiger partial charge in [0.15, 0.2) is 6.04 Å². The number of carboxylic acids is 1. The van der Waals surface area contributed by atoms with Crippen molar-refractivity contribution in [1.82, 2.24) is 13.9 Å². The number of hydrogen-bond acceptors (Lipinski definition) is 3. The maximum absolute atomic E-state index is 12.6. The molecule has 2 unspecified atom stereocenters. The molecule has 0 fully saturated rings. The van der Waals surface area contributed by atoms with Gasteiger partial charge in [-0.25, -0.2) is 28.3 Å². The van der Waals surface area contributed by atoms with E-state index in [4.69, 9.17) is 11.6 Å². The van der Waals surface area contributed by atoms with Gasteiger partial charge in [-0.15, -0.1) is 11.6 Å². The number of allylic oxidation sites excluding steroid dienone is 1. The standard InChI is InChI=1S/C15H14ClN3O4/c16-8-9-17-14(22)18-11(10-4-2-1-3-5-10)6-7-12(13(20)21)19(18)15(17)23/h1-7,11-12H,8-9H2,(H,20,21). The molecule has 0 amide bonds. The summed E-state index contributed by atoms with van der Waals surface area (Å²) in [6.45, 7) is 0.0278. The SMILES string of the molecule is O=C(O)C1C=CC(c2ccccc2)n2c(=O)n(CCCl)c(=O)n21. The second kappa shape index (κ2) is 5.92. The molecule has 0 aliphatic carbocycles. The van der Waals surface area contributed by atoms with Crippen molar-refractivity contribution in [2.24, 2.45) is 0 Å². The number of carboxylic acid groups (broad SMARTS) is 1. The summed E-state index contributed by atoms with van der Waals surface area (Å²) in [4.78, 5) is 36.5. The molecule has 0 bridgehead atoms. The number of aromatic nitrogens is 3. The van der Waals surface area contributed by atoms with E-state index < -0.39 is 29.4 Å². The molecule has 2 atom stereocenters. The van der Waals surface area contributed by atoms with Crippen LogP contribution >= 0.6 is 11.6 Å². The molecule has 0 saturated heterocycles. The first kappa shape index (κ1) is 15.4. The molecule has 8 heteroatoms. The van der Waals surface area contributed by atoms with Crippen molar-refractivity contribution in [3.05, 3.63) is 69.0 Å². The summed E-state index contributed by atoms with van der Waals surface area (Å²) in [5.41, 5.74) is -0.458. The van der Waals surface area contributed by atoms with Gasteiger partial charge in [0.05, 0.1) is 6.04 Å². The zero-order chi connectivity index (χ0) is 16.6. The maximum Gasteiger partial charge on any atom is 0.348 e. The van der Waals surface area contributed by atoms with E-state index in [0.29, 0.717) is 0 Å². The predicted octanol–water partition coefficient (Wildman–Crippen LogP) is 0.835. The van der Waals surface area contributed by atoms with Gasteiger partial charge in [-0.3, -0.25) is 0 Å². The van der Waals surface area contributed by atoms with Crippen molar-refractivity contribution in [1.29, 1.82) is 0 Å². The molecule has 0 saturated carbocycles. The van der Waals surface area contributed by atoms with Crippen LogP contribution in [0.4, 0.5) is 0 Å². The Labute approximate surface area is 135 Å². The fourth-order valence-electron chi connectivity index (χ4n) is 2.76. The highest BCUT2D eigenvalue weighted by atomic mass is 35.5. The van der Waals surface area contributed by atoms with Crippen molar-refractivity contribution < 1.29 is 9.90 Å².